The maximum atomic E-state index is 11.4. The van der Waals surface area contributed by atoms with Crippen LogP contribution in [0.15, 0.2) is 0 Å². The summed E-state index contributed by atoms with van der Waals surface area (Å²) in [4.78, 5) is 11.4. The van der Waals surface area contributed by atoms with Crippen molar-refractivity contribution in [1.82, 2.24) is 0 Å². The lowest BCUT2D eigenvalue weighted by Gasteiger charge is -2.27. The molecule has 0 aliphatic heterocycles. The molecule has 0 aromatic carbocycles. The molecule has 0 atom stereocenters. The topological polar surface area (TPSA) is 61.5 Å². The first-order chi connectivity index (χ1) is 8.40. The van der Waals surface area contributed by atoms with Crippen molar-refractivity contribution < 1.29 is 14.3 Å². The van der Waals surface area contributed by atoms with Crippen molar-refractivity contribution in [3.05, 3.63) is 0 Å². The van der Waals surface area contributed by atoms with Gasteiger partial charge in [-0.3, -0.25) is 0 Å². The van der Waals surface area contributed by atoms with Gasteiger partial charge in [-0.15, -0.1) is 0 Å². The molecule has 0 unspecified atom stereocenters. The zero-order valence-electron chi connectivity index (χ0n) is 11.9. The number of hydrogen-bond acceptors (Lipinski definition) is 4. The molecule has 0 aromatic rings. The maximum Gasteiger partial charge on any atom is 0.332 e. The third-order valence-electron chi connectivity index (χ3n) is 3.29. The van der Waals surface area contributed by atoms with Gasteiger partial charge in [0.1, 0.15) is 12.2 Å². The SMILES string of the molecule is CC(C)(C)OC(=O)COC[C@H]1CC[C@H](CN)CC1. The van der Waals surface area contributed by atoms with Crippen LogP contribution in [0.5, 0.6) is 0 Å². The Labute approximate surface area is 110 Å². The molecule has 1 fully saturated rings. The molecule has 1 aliphatic carbocycles. The predicted octanol–water partition coefficient (Wildman–Crippen LogP) is 2.11. The van der Waals surface area contributed by atoms with E-state index in [-0.39, 0.29) is 12.6 Å². The highest BCUT2D eigenvalue weighted by molar-refractivity contribution is 5.71. The highest BCUT2D eigenvalue weighted by Crippen LogP contribution is 2.28. The predicted molar refractivity (Wildman–Crippen MR) is 71.2 cm³/mol. The van der Waals surface area contributed by atoms with Gasteiger partial charge in [0.2, 0.25) is 0 Å². The molecule has 1 rings (SSSR count). The van der Waals surface area contributed by atoms with E-state index in [0.29, 0.717) is 18.4 Å². The molecular weight excluding hydrogens is 230 g/mol. The number of hydrogen-bond donors (Lipinski definition) is 1. The summed E-state index contributed by atoms with van der Waals surface area (Å²) in [5.41, 5.74) is 5.22. The fraction of sp³-hybridized carbons (Fsp3) is 0.929. The van der Waals surface area contributed by atoms with Crippen molar-refractivity contribution in [3.63, 3.8) is 0 Å². The Kier molecular flexibility index (Phi) is 6.09. The van der Waals surface area contributed by atoms with Crippen LogP contribution in [-0.2, 0) is 14.3 Å². The molecule has 2 N–H and O–H groups in total. The van der Waals surface area contributed by atoms with Crippen molar-refractivity contribution in [1.29, 1.82) is 0 Å². The number of nitrogens with two attached hydrogens (primary N) is 1. The van der Waals surface area contributed by atoms with Crippen molar-refractivity contribution >= 4 is 5.97 Å². The van der Waals surface area contributed by atoms with Gasteiger partial charge in [-0.25, -0.2) is 4.79 Å². The van der Waals surface area contributed by atoms with Crippen LogP contribution < -0.4 is 5.73 Å². The van der Waals surface area contributed by atoms with E-state index in [4.69, 9.17) is 15.2 Å². The normalized spacial score (nSPS) is 24.9. The lowest BCUT2D eigenvalue weighted by atomic mass is 9.82. The van der Waals surface area contributed by atoms with Crippen molar-refractivity contribution in [2.24, 2.45) is 17.6 Å². The Morgan fingerprint density at radius 3 is 2.22 bits per heavy atom. The number of esters is 1. The van der Waals surface area contributed by atoms with E-state index in [1.807, 2.05) is 20.8 Å². The number of rotatable bonds is 5. The van der Waals surface area contributed by atoms with Crippen LogP contribution in [0.4, 0.5) is 0 Å². The maximum absolute atomic E-state index is 11.4. The van der Waals surface area contributed by atoms with Crippen LogP contribution in [-0.4, -0.2) is 31.3 Å². The molecule has 106 valence electrons. The molecule has 0 bridgehead atoms. The average molecular weight is 257 g/mol. The Morgan fingerprint density at radius 2 is 1.72 bits per heavy atom. The molecule has 4 nitrogen and oxygen atoms in total. The van der Waals surface area contributed by atoms with Gasteiger partial charge in [0, 0.05) is 0 Å². The Morgan fingerprint density at radius 1 is 1.17 bits per heavy atom. The van der Waals surface area contributed by atoms with Gasteiger partial charge in [0.25, 0.3) is 0 Å². The van der Waals surface area contributed by atoms with Crippen LogP contribution in [0.25, 0.3) is 0 Å². The Hall–Kier alpha value is -0.610. The quantitative estimate of drug-likeness (QED) is 0.766. The van der Waals surface area contributed by atoms with Gasteiger partial charge >= 0.3 is 5.97 Å². The highest BCUT2D eigenvalue weighted by atomic mass is 16.6. The second-order valence-electron chi connectivity index (χ2n) is 6.22. The first kappa shape index (κ1) is 15.4. The van der Waals surface area contributed by atoms with Gasteiger partial charge < -0.3 is 15.2 Å². The molecule has 0 heterocycles. The van der Waals surface area contributed by atoms with Crippen LogP contribution >= 0.6 is 0 Å². The summed E-state index contributed by atoms with van der Waals surface area (Å²) in [6.07, 6.45) is 4.71. The fourth-order valence-electron chi connectivity index (χ4n) is 2.31. The summed E-state index contributed by atoms with van der Waals surface area (Å²) in [5, 5.41) is 0. The molecule has 0 spiro atoms. The summed E-state index contributed by atoms with van der Waals surface area (Å²) >= 11 is 0. The number of ether oxygens (including phenoxy) is 2. The molecule has 0 saturated heterocycles. The first-order valence-corrected chi connectivity index (χ1v) is 6.90. The second kappa shape index (κ2) is 7.10. The molecule has 1 saturated carbocycles. The van der Waals surface area contributed by atoms with E-state index in [1.54, 1.807) is 0 Å². The van der Waals surface area contributed by atoms with E-state index in [9.17, 15) is 4.79 Å². The van der Waals surface area contributed by atoms with E-state index in [0.717, 1.165) is 19.4 Å². The summed E-state index contributed by atoms with van der Waals surface area (Å²) in [5.74, 6) is 0.987. The highest BCUT2D eigenvalue weighted by Gasteiger charge is 2.21. The number of carbonyl (C=O) groups is 1. The van der Waals surface area contributed by atoms with E-state index >= 15 is 0 Å². The standard InChI is InChI=1S/C14H27NO3/c1-14(2,3)18-13(16)10-17-9-12-6-4-11(8-15)5-7-12/h11-12H,4-10,15H2,1-3H3/t11-,12-. The molecular formula is C14H27NO3. The minimum Gasteiger partial charge on any atom is -0.458 e. The largest absolute Gasteiger partial charge is 0.458 e. The second-order valence-corrected chi connectivity index (χ2v) is 6.22. The molecule has 1 aliphatic rings. The van der Waals surface area contributed by atoms with Crippen LogP contribution in [0, 0.1) is 11.8 Å². The summed E-state index contributed by atoms with van der Waals surface area (Å²) in [6.45, 7) is 7.10. The van der Waals surface area contributed by atoms with Gasteiger partial charge in [0.15, 0.2) is 0 Å². The van der Waals surface area contributed by atoms with Gasteiger partial charge in [-0.2, -0.15) is 0 Å². The zero-order chi connectivity index (χ0) is 13.6. The molecule has 0 amide bonds. The molecule has 4 heteroatoms. The van der Waals surface area contributed by atoms with Crippen LogP contribution in [0.1, 0.15) is 46.5 Å². The first-order valence-electron chi connectivity index (χ1n) is 6.90. The van der Waals surface area contributed by atoms with Gasteiger partial charge in [-0.1, -0.05) is 0 Å². The van der Waals surface area contributed by atoms with E-state index in [1.165, 1.54) is 12.8 Å². The third kappa shape index (κ3) is 6.36. The average Bonchev–Trinajstić information content (AvgIpc) is 2.27. The number of carbonyl (C=O) groups excluding carboxylic acids is 1. The monoisotopic (exact) mass is 257 g/mol. The van der Waals surface area contributed by atoms with Crippen molar-refractivity contribution in [2.75, 3.05) is 19.8 Å². The van der Waals surface area contributed by atoms with Gasteiger partial charge in [0.05, 0.1) is 6.61 Å². The fourth-order valence-corrected chi connectivity index (χ4v) is 2.31. The minimum atomic E-state index is -0.431. The summed E-state index contributed by atoms with van der Waals surface area (Å²) < 4.78 is 10.6. The van der Waals surface area contributed by atoms with Crippen molar-refractivity contribution in [3.8, 4) is 0 Å². The van der Waals surface area contributed by atoms with Crippen LogP contribution in [0.2, 0.25) is 0 Å². The Balaban J connectivity index is 2.10. The molecule has 0 radical (unpaired) electrons. The lowest BCUT2D eigenvalue weighted by Crippen LogP contribution is -2.28. The minimum absolute atomic E-state index is 0.0636. The molecule has 0 aromatic heterocycles. The van der Waals surface area contributed by atoms with Crippen LogP contribution in [0.3, 0.4) is 0 Å². The lowest BCUT2D eigenvalue weighted by molar-refractivity contribution is -0.160. The Bertz CT molecular complexity index is 252. The third-order valence-corrected chi connectivity index (χ3v) is 3.29. The smallest absolute Gasteiger partial charge is 0.332 e. The summed E-state index contributed by atoms with van der Waals surface area (Å²) in [7, 11) is 0. The summed E-state index contributed by atoms with van der Waals surface area (Å²) in [6, 6.07) is 0. The van der Waals surface area contributed by atoms with Crippen molar-refractivity contribution in [2.45, 2.75) is 52.1 Å². The van der Waals surface area contributed by atoms with E-state index < -0.39 is 5.60 Å². The molecule has 18 heavy (non-hydrogen) atoms. The van der Waals surface area contributed by atoms with E-state index in [2.05, 4.69) is 0 Å². The van der Waals surface area contributed by atoms with Gasteiger partial charge in [-0.05, 0) is 64.8 Å². The zero-order valence-corrected chi connectivity index (χ0v) is 11.9.